The fraction of sp³-hybridized carbons (Fsp3) is 0.154. The molecule has 2 amide bonds. The van der Waals surface area contributed by atoms with Gasteiger partial charge in [-0.3, -0.25) is 19.7 Å². The molecule has 1 aliphatic rings. The maximum atomic E-state index is 13.7. The average Bonchev–Trinajstić information content (AvgIpc) is 3.07. The molecule has 0 aromatic heterocycles. The molecule has 33 heavy (non-hydrogen) atoms. The van der Waals surface area contributed by atoms with E-state index in [1.54, 1.807) is 11.0 Å². The topological polar surface area (TPSA) is 83.8 Å². The zero-order valence-corrected chi connectivity index (χ0v) is 18.6. The number of imide groups is 1. The number of carbonyl (C=O) groups is 2. The molecular formula is C26H23N3O4. The first-order valence-corrected chi connectivity index (χ1v) is 10.6. The summed E-state index contributed by atoms with van der Waals surface area (Å²) < 4.78 is 0. The van der Waals surface area contributed by atoms with Crippen molar-refractivity contribution in [3.63, 3.8) is 0 Å². The van der Waals surface area contributed by atoms with Crippen LogP contribution in [0.3, 0.4) is 0 Å². The number of carbonyl (C=O) groups excluding carboxylic acids is 2. The summed E-state index contributed by atoms with van der Waals surface area (Å²) in [6.07, 6.45) is 0. The number of likely N-dealkylation sites (N-methyl/N-ethyl adjacent to an activating group) is 1. The van der Waals surface area contributed by atoms with Gasteiger partial charge >= 0.3 is 0 Å². The quantitative estimate of drug-likeness (QED) is 0.305. The molecule has 4 rings (SSSR count). The van der Waals surface area contributed by atoms with Gasteiger partial charge in [0.15, 0.2) is 0 Å². The van der Waals surface area contributed by atoms with Crippen LogP contribution in [0.25, 0.3) is 5.57 Å². The molecule has 1 aliphatic heterocycles. The number of anilines is 2. The van der Waals surface area contributed by atoms with Gasteiger partial charge in [-0.25, -0.2) is 4.90 Å². The first-order valence-electron chi connectivity index (χ1n) is 10.6. The number of benzene rings is 3. The van der Waals surface area contributed by atoms with Crippen LogP contribution in [0.5, 0.6) is 0 Å². The van der Waals surface area contributed by atoms with Crippen molar-refractivity contribution < 1.29 is 14.5 Å². The van der Waals surface area contributed by atoms with Gasteiger partial charge in [-0.1, -0.05) is 24.3 Å². The van der Waals surface area contributed by atoms with Crippen molar-refractivity contribution in [3.8, 4) is 0 Å². The lowest BCUT2D eigenvalue weighted by molar-refractivity contribution is -0.384. The number of rotatable bonds is 6. The first kappa shape index (κ1) is 22.0. The van der Waals surface area contributed by atoms with E-state index in [0.29, 0.717) is 17.8 Å². The van der Waals surface area contributed by atoms with Gasteiger partial charge in [0.2, 0.25) is 0 Å². The molecule has 3 aromatic carbocycles. The normalized spacial score (nSPS) is 13.6. The number of hydrogen-bond donors (Lipinski definition) is 0. The highest BCUT2D eigenvalue weighted by atomic mass is 16.6. The van der Waals surface area contributed by atoms with Crippen LogP contribution in [0.15, 0.2) is 78.5 Å². The van der Waals surface area contributed by atoms with E-state index in [1.165, 1.54) is 29.2 Å². The van der Waals surface area contributed by atoms with Gasteiger partial charge in [-0.15, -0.1) is 0 Å². The van der Waals surface area contributed by atoms with Gasteiger partial charge in [0.05, 0.1) is 16.2 Å². The molecular weight excluding hydrogens is 418 g/mol. The summed E-state index contributed by atoms with van der Waals surface area (Å²) in [5.74, 6) is -0.885. The van der Waals surface area contributed by atoms with Crippen molar-refractivity contribution in [1.29, 1.82) is 0 Å². The van der Waals surface area contributed by atoms with Gasteiger partial charge in [-0.05, 0) is 73.9 Å². The highest BCUT2D eigenvalue weighted by Gasteiger charge is 2.42. The third-order valence-corrected chi connectivity index (χ3v) is 5.83. The molecule has 0 bridgehead atoms. The third kappa shape index (κ3) is 3.89. The zero-order valence-electron chi connectivity index (χ0n) is 18.6. The molecule has 0 spiro atoms. The molecule has 0 atom stereocenters. The monoisotopic (exact) mass is 441 g/mol. The highest BCUT2D eigenvalue weighted by molar-refractivity contribution is 6.46. The fourth-order valence-electron chi connectivity index (χ4n) is 3.96. The summed E-state index contributed by atoms with van der Waals surface area (Å²) >= 11 is 0. The summed E-state index contributed by atoms with van der Waals surface area (Å²) in [6, 6.07) is 20.5. The minimum Gasteiger partial charge on any atom is -0.337 e. The van der Waals surface area contributed by atoms with Crippen molar-refractivity contribution in [2.75, 3.05) is 16.3 Å². The van der Waals surface area contributed by atoms with Crippen LogP contribution in [0.4, 0.5) is 17.1 Å². The Kier molecular flexibility index (Phi) is 5.79. The van der Waals surface area contributed by atoms with E-state index >= 15 is 0 Å². The lowest BCUT2D eigenvalue weighted by Gasteiger charge is -2.25. The van der Waals surface area contributed by atoms with E-state index in [1.807, 2.05) is 63.2 Å². The molecule has 1 heterocycles. The van der Waals surface area contributed by atoms with Crippen molar-refractivity contribution in [1.82, 2.24) is 0 Å². The van der Waals surface area contributed by atoms with Crippen LogP contribution in [-0.4, -0.2) is 23.3 Å². The van der Waals surface area contributed by atoms with Crippen molar-refractivity contribution in [3.05, 3.63) is 105 Å². The second kappa shape index (κ2) is 8.70. The van der Waals surface area contributed by atoms with Crippen LogP contribution >= 0.6 is 0 Å². The predicted molar refractivity (Wildman–Crippen MR) is 128 cm³/mol. The predicted octanol–water partition coefficient (Wildman–Crippen LogP) is 5.02. The van der Waals surface area contributed by atoms with E-state index in [-0.39, 0.29) is 17.0 Å². The van der Waals surface area contributed by atoms with Crippen LogP contribution in [0, 0.1) is 24.0 Å². The highest BCUT2D eigenvalue weighted by Crippen LogP contribution is 2.37. The standard InChI is InChI=1S/C26H23N3O4/c1-4-27(20-8-6-5-7-9-20)24-23(19-11-14-21(15-12-19)29(32)33)25(30)28(26(24)31)22-13-10-17(2)18(3)16-22/h5-16H,4H2,1-3H3. The number of hydrogen-bond acceptors (Lipinski definition) is 5. The molecule has 0 aliphatic carbocycles. The minimum atomic E-state index is -0.496. The minimum absolute atomic E-state index is 0.0842. The van der Waals surface area contributed by atoms with Crippen LogP contribution in [-0.2, 0) is 9.59 Å². The summed E-state index contributed by atoms with van der Waals surface area (Å²) in [7, 11) is 0. The molecule has 7 nitrogen and oxygen atoms in total. The zero-order chi connectivity index (χ0) is 23.7. The van der Waals surface area contributed by atoms with Crippen molar-refractivity contribution in [2.45, 2.75) is 20.8 Å². The second-order valence-electron chi connectivity index (χ2n) is 7.82. The van der Waals surface area contributed by atoms with E-state index in [4.69, 9.17) is 0 Å². The van der Waals surface area contributed by atoms with E-state index < -0.39 is 16.7 Å². The summed E-state index contributed by atoms with van der Waals surface area (Å²) in [5, 5.41) is 11.1. The molecule has 3 aromatic rings. The van der Waals surface area contributed by atoms with E-state index in [0.717, 1.165) is 16.8 Å². The Hall–Kier alpha value is -4.26. The maximum Gasteiger partial charge on any atom is 0.282 e. The summed E-state index contributed by atoms with van der Waals surface area (Å²) in [5.41, 5.74) is 4.13. The average molecular weight is 441 g/mol. The van der Waals surface area contributed by atoms with Crippen LogP contribution in [0.1, 0.15) is 23.6 Å². The Balaban J connectivity index is 1.90. The van der Waals surface area contributed by atoms with E-state index in [9.17, 15) is 19.7 Å². The smallest absolute Gasteiger partial charge is 0.282 e. The fourth-order valence-corrected chi connectivity index (χ4v) is 3.96. The molecule has 0 N–H and O–H groups in total. The van der Waals surface area contributed by atoms with Gasteiger partial charge in [0.1, 0.15) is 5.70 Å². The van der Waals surface area contributed by atoms with Crippen LogP contribution in [0.2, 0.25) is 0 Å². The molecule has 0 saturated heterocycles. The molecule has 0 radical (unpaired) electrons. The number of amides is 2. The molecule has 0 fully saturated rings. The maximum absolute atomic E-state index is 13.7. The van der Waals surface area contributed by atoms with Crippen LogP contribution < -0.4 is 9.80 Å². The largest absolute Gasteiger partial charge is 0.337 e. The van der Waals surface area contributed by atoms with Gasteiger partial charge < -0.3 is 4.90 Å². The number of para-hydroxylation sites is 1. The van der Waals surface area contributed by atoms with Crippen molar-refractivity contribution >= 4 is 34.4 Å². The number of aryl methyl sites for hydroxylation is 2. The Morgan fingerprint density at radius 1 is 0.879 bits per heavy atom. The number of non-ortho nitro benzene ring substituents is 1. The third-order valence-electron chi connectivity index (χ3n) is 5.83. The van der Waals surface area contributed by atoms with Gasteiger partial charge in [-0.2, -0.15) is 0 Å². The second-order valence-corrected chi connectivity index (χ2v) is 7.82. The Labute approximate surface area is 191 Å². The first-order chi connectivity index (χ1) is 15.8. The Morgan fingerprint density at radius 2 is 1.55 bits per heavy atom. The number of nitro benzene ring substituents is 1. The molecule has 0 unspecified atom stereocenters. The summed E-state index contributed by atoms with van der Waals surface area (Å²) in [6.45, 7) is 6.25. The van der Waals surface area contributed by atoms with Gasteiger partial charge in [0, 0.05) is 24.4 Å². The van der Waals surface area contributed by atoms with Gasteiger partial charge in [0.25, 0.3) is 17.5 Å². The molecule has 0 saturated carbocycles. The SMILES string of the molecule is CCN(C1=C(c2ccc([N+](=O)[O-])cc2)C(=O)N(c2ccc(C)c(C)c2)C1=O)c1ccccc1. The number of nitro groups is 1. The van der Waals surface area contributed by atoms with Crippen molar-refractivity contribution in [2.24, 2.45) is 0 Å². The van der Waals surface area contributed by atoms with E-state index in [2.05, 4.69) is 0 Å². The lowest BCUT2D eigenvalue weighted by atomic mass is 10.0. The Morgan fingerprint density at radius 3 is 2.12 bits per heavy atom. The summed E-state index contributed by atoms with van der Waals surface area (Å²) in [4.78, 5) is 41.0. The molecule has 166 valence electrons. The Bertz CT molecular complexity index is 1280. The molecule has 7 heteroatoms. The number of nitrogens with zero attached hydrogens (tertiary/aromatic N) is 3. The lowest BCUT2D eigenvalue weighted by Crippen LogP contribution is -2.35.